The van der Waals surface area contributed by atoms with Gasteiger partial charge in [-0.2, -0.15) is 0 Å². The molecule has 0 saturated carbocycles. The van der Waals surface area contributed by atoms with E-state index in [2.05, 4.69) is 25.9 Å². The Morgan fingerprint density at radius 1 is 0.867 bits per heavy atom. The van der Waals surface area contributed by atoms with Gasteiger partial charge >= 0.3 is 6.03 Å². The van der Waals surface area contributed by atoms with Gasteiger partial charge in [0.25, 0.3) is 5.91 Å². The summed E-state index contributed by atoms with van der Waals surface area (Å²) in [4.78, 5) is 34.2. The summed E-state index contributed by atoms with van der Waals surface area (Å²) in [6.45, 7) is 5.67. The van der Waals surface area contributed by atoms with Crippen LogP contribution in [0.1, 0.15) is 26.5 Å². The van der Waals surface area contributed by atoms with Crippen LogP contribution in [0.15, 0.2) is 42.5 Å². The summed E-state index contributed by atoms with van der Waals surface area (Å²) in [5.41, 5.74) is 4.21. The molecule has 7 nitrogen and oxygen atoms in total. The minimum Gasteiger partial charge on any atom is -0.308 e. The largest absolute Gasteiger partial charge is 0.325 e. The number of urea groups is 1. The number of nitrogens with one attached hydrogen (secondary N) is 3. The standard InChI is InChI=1S/C21H19N5O2S2/c1-11-6-4-8-14(10-11)23-19(28)26-20-22-13(3)17(30-20)18(27)25-21-24-16-12(2)7-5-9-15(16)29-21/h4-10H,1-3H3,(H,24,25,27)(H2,22,23,26,28). The lowest BCUT2D eigenvalue weighted by Crippen LogP contribution is -2.19. The Morgan fingerprint density at radius 2 is 1.63 bits per heavy atom. The van der Waals surface area contributed by atoms with Crippen LogP contribution in [0, 0.1) is 20.8 Å². The Hall–Kier alpha value is -3.30. The van der Waals surface area contributed by atoms with E-state index in [-0.39, 0.29) is 5.91 Å². The van der Waals surface area contributed by atoms with E-state index in [9.17, 15) is 9.59 Å². The first-order chi connectivity index (χ1) is 14.4. The number of rotatable bonds is 4. The van der Waals surface area contributed by atoms with E-state index in [1.54, 1.807) is 13.0 Å². The highest BCUT2D eigenvalue weighted by Crippen LogP contribution is 2.29. The molecule has 0 unspecified atom stereocenters. The fraction of sp³-hybridized carbons (Fsp3) is 0.143. The summed E-state index contributed by atoms with van der Waals surface area (Å²) in [6, 6.07) is 13.0. The van der Waals surface area contributed by atoms with E-state index in [1.165, 1.54) is 11.3 Å². The number of fused-ring (bicyclic) bond motifs is 1. The van der Waals surface area contributed by atoms with Crippen LogP contribution in [0.25, 0.3) is 10.2 Å². The summed E-state index contributed by atoms with van der Waals surface area (Å²) >= 11 is 2.54. The molecule has 9 heteroatoms. The molecule has 0 fully saturated rings. The molecule has 2 heterocycles. The average Bonchev–Trinajstić information content (AvgIpc) is 3.25. The number of nitrogens with zero attached hydrogens (tertiary/aromatic N) is 2. The first-order valence-electron chi connectivity index (χ1n) is 9.18. The van der Waals surface area contributed by atoms with Gasteiger partial charge in [-0.1, -0.05) is 46.9 Å². The molecular formula is C21H19N5O2S2. The third-order valence-corrected chi connectivity index (χ3v) is 6.35. The highest BCUT2D eigenvalue weighted by atomic mass is 32.1. The predicted octanol–water partition coefficient (Wildman–Crippen LogP) is 5.57. The number of aromatic nitrogens is 2. The van der Waals surface area contributed by atoms with E-state index in [1.807, 2.05) is 50.2 Å². The summed E-state index contributed by atoms with van der Waals surface area (Å²) in [6.07, 6.45) is 0. The van der Waals surface area contributed by atoms with Crippen LogP contribution in [0.5, 0.6) is 0 Å². The number of hydrogen-bond acceptors (Lipinski definition) is 6. The number of hydrogen-bond donors (Lipinski definition) is 3. The molecule has 0 aliphatic heterocycles. The Balaban J connectivity index is 1.45. The van der Waals surface area contributed by atoms with Crippen molar-refractivity contribution in [2.24, 2.45) is 0 Å². The van der Waals surface area contributed by atoms with Gasteiger partial charge in [0.1, 0.15) is 4.88 Å². The molecule has 0 atom stereocenters. The highest BCUT2D eigenvalue weighted by Gasteiger charge is 2.18. The van der Waals surface area contributed by atoms with Gasteiger partial charge in [0.05, 0.1) is 15.9 Å². The quantitative estimate of drug-likeness (QED) is 0.389. The Bertz CT molecular complexity index is 1260. The van der Waals surface area contributed by atoms with Crippen LogP contribution in [-0.4, -0.2) is 21.9 Å². The molecule has 3 N–H and O–H groups in total. The van der Waals surface area contributed by atoms with Crippen LogP contribution >= 0.6 is 22.7 Å². The van der Waals surface area contributed by atoms with Crippen LogP contribution in [0.2, 0.25) is 0 Å². The second-order valence-corrected chi connectivity index (χ2v) is 8.81. The third kappa shape index (κ3) is 4.32. The predicted molar refractivity (Wildman–Crippen MR) is 123 cm³/mol. The maximum atomic E-state index is 12.7. The zero-order valence-electron chi connectivity index (χ0n) is 16.6. The number of aryl methyl sites for hydroxylation is 3. The molecule has 0 spiro atoms. The van der Waals surface area contributed by atoms with Crippen LogP contribution in [0.4, 0.5) is 20.7 Å². The van der Waals surface area contributed by atoms with Crippen molar-refractivity contribution in [3.05, 3.63) is 64.2 Å². The number of thiazole rings is 2. The average molecular weight is 438 g/mol. The molecular weight excluding hydrogens is 418 g/mol. The monoisotopic (exact) mass is 437 g/mol. The number of benzene rings is 2. The zero-order valence-corrected chi connectivity index (χ0v) is 18.2. The smallest absolute Gasteiger partial charge is 0.308 e. The van der Waals surface area contributed by atoms with Crippen molar-refractivity contribution < 1.29 is 9.59 Å². The molecule has 2 aromatic heterocycles. The van der Waals surface area contributed by atoms with Gasteiger partial charge in [0, 0.05) is 5.69 Å². The summed E-state index contributed by atoms with van der Waals surface area (Å²) in [7, 11) is 0. The van der Waals surface area contributed by atoms with Crippen LogP contribution in [0.3, 0.4) is 0 Å². The molecule has 30 heavy (non-hydrogen) atoms. The SMILES string of the molecule is Cc1cccc(NC(=O)Nc2nc(C)c(C(=O)Nc3nc4c(C)cccc4s3)s2)c1. The Labute approximate surface area is 181 Å². The molecule has 152 valence electrons. The highest BCUT2D eigenvalue weighted by molar-refractivity contribution is 7.22. The lowest BCUT2D eigenvalue weighted by Gasteiger charge is -2.05. The summed E-state index contributed by atoms with van der Waals surface area (Å²) < 4.78 is 1.02. The van der Waals surface area contributed by atoms with Crippen molar-refractivity contribution in [3.63, 3.8) is 0 Å². The Morgan fingerprint density at radius 3 is 2.40 bits per heavy atom. The zero-order chi connectivity index (χ0) is 21.3. The molecule has 4 aromatic rings. The Kier molecular flexibility index (Phi) is 5.47. The number of carbonyl (C=O) groups excluding carboxylic acids is 2. The molecule has 4 rings (SSSR count). The van der Waals surface area contributed by atoms with E-state index < -0.39 is 6.03 Å². The third-order valence-electron chi connectivity index (χ3n) is 4.34. The molecule has 0 aliphatic carbocycles. The normalized spacial score (nSPS) is 10.8. The van der Waals surface area contributed by atoms with Crippen molar-refractivity contribution in [3.8, 4) is 0 Å². The lowest BCUT2D eigenvalue weighted by molar-refractivity contribution is 0.103. The summed E-state index contributed by atoms with van der Waals surface area (Å²) in [5, 5.41) is 9.16. The van der Waals surface area contributed by atoms with E-state index >= 15 is 0 Å². The topological polar surface area (TPSA) is 96.0 Å². The van der Waals surface area contributed by atoms with Crippen molar-refractivity contribution >= 4 is 60.8 Å². The number of anilines is 3. The number of carbonyl (C=O) groups is 2. The van der Waals surface area contributed by atoms with Gasteiger partial charge in [-0.05, 0) is 50.1 Å². The van der Waals surface area contributed by atoms with Gasteiger partial charge in [0.2, 0.25) is 0 Å². The van der Waals surface area contributed by atoms with Crippen molar-refractivity contribution in [1.29, 1.82) is 0 Å². The molecule has 0 saturated heterocycles. The van der Waals surface area contributed by atoms with Crippen molar-refractivity contribution in [1.82, 2.24) is 9.97 Å². The second kappa shape index (κ2) is 8.21. The minimum absolute atomic E-state index is 0.297. The molecule has 0 radical (unpaired) electrons. The van der Waals surface area contributed by atoms with Gasteiger partial charge in [0.15, 0.2) is 10.3 Å². The minimum atomic E-state index is -0.414. The fourth-order valence-corrected chi connectivity index (χ4v) is 4.73. The van der Waals surface area contributed by atoms with Gasteiger partial charge in [-0.15, -0.1) is 0 Å². The van der Waals surface area contributed by atoms with Gasteiger partial charge in [-0.25, -0.2) is 14.8 Å². The number of para-hydroxylation sites is 1. The van der Waals surface area contributed by atoms with Crippen LogP contribution in [-0.2, 0) is 0 Å². The fourth-order valence-electron chi connectivity index (χ4n) is 2.94. The van der Waals surface area contributed by atoms with Crippen molar-refractivity contribution in [2.45, 2.75) is 20.8 Å². The van der Waals surface area contributed by atoms with E-state index in [4.69, 9.17) is 0 Å². The van der Waals surface area contributed by atoms with E-state index in [0.29, 0.717) is 26.5 Å². The lowest BCUT2D eigenvalue weighted by atomic mass is 10.2. The van der Waals surface area contributed by atoms with Gasteiger partial charge in [-0.3, -0.25) is 15.4 Å². The first kappa shape index (κ1) is 20.0. The summed E-state index contributed by atoms with van der Waals surface area (Å²) in [5.74, 6) is -0.297. The maximum Gasteiger partial charge on any atom is 0.325 e. The molecule has 2 aromatic carbocycles. The molecule has 0 aliphatic rings. The van der Waals surface area contributed by atoms with Crippen molar-refractivity contribution in [2.75, 3.05) is 16.0 Å². The first-order valence-corrected chi connectivity index (χ1v) is 10.8. The van der Waals surface area contributed by atoms with E-state index in [0.717, 1.165) is 32.7 Å². The number of amides is 3. The second-order valence-electron chi connectivity index (χ2n) is 6.78. The maximum absolute atomic E-state index is 12.7. The molecule has 3 amide bonds. The van der Waals surface area contributed by atoms with Gasteiger partial charge < -0.3 is 5.32 Å². The molecule has 0 bridgehead atoms. The van der Waals surface area contributed by atoms with Crippen LogP contribution < -0.4 is 16.0 Å².